The largest absolute Gasteiger partial charge is 0.497 e. The summed E-state index contributed by atoms with van der Waals surface area (Å²) < 4.78 is 10.2. The standard InChI is InChI=1S/C18H20ClNO3/c1-22-15-7-3-13(4-8-15)6-10-18(21)20-12-14-5-9-17(23-2)16(19)11-14/h3-5,7-9,11H,6,10,12H2,1-2H3,(H,20,21). The van der Waals surface area contributed by atoms with Crippen LogP contribution in [0.3, 0.4) is 0 Å². The lowest BCUT2D eigenvalue weighted by Crippen LogP contribution is -2.23. The van der Waals surface area contributed by atoms with Crippen LogP contribution in [0.25, 0.3) is 0 Å². The molecule has 23 heavy (non-hydrogen) atoms. The minimum Gasteiger partial charge on any atom is -0.497 e. The first-order valence-electron chi connectivity index (χ1n) is 7.34. The van der Waals surface area contributed by atoms with Gasteiger partial charge in [0.1, 0.15) is 11.5 Å². The first kappa shape index (κ1) is 17.2. The Labute approximate surface area is 141 Å². The molecule has 0 radical (unpaired) electrons. The zero-order valence-electron chi connectivity index (χ0n) is 13.3. The summed E-state index contributed by atoms with van der Waals surface area (Å²) in [6, 6.07) is 13.2. The number of halogens is 1. The summed E-state index contributed by atoms with van der Waals surface area (Å²) in [5.74, 6) is 1.45. The highest BCUT2D eigenvalue weighted by Gasteiger charge is 2.05. The molecular formula is C18H20ClNO3. The molecule has 0 aromatic heterocycles. The van der Waals surface area contributed by atoms with Gasteiger partial charge in [-0.25, -0.2) is 0 Å². The predicted octanol–water partition coefficient (Wildman–Crippen LogP) is 3.61. The Morgan fingerprint density at radius 1 is 1.04 bits per heavy atom. The summed E-state index contributed by atoms with van der Waals surface area (Å²) >= 11 is 6.06. The summed E-state index contributed by atoms with van der Waals surface area (Å²) in [5, 5.41) is 3.43. The Balaban J connectivity index is 1.79. The molecule has 0 fully saturated rings. The van der Waals surface area contributed by atoms with Gasteiger partial charge in [-0.3, -0.25) is 4.79 Å². The number of methoxy groups -OCH3 is 2. The van der Waals surface area contributed by atoms with Gasteiger partial charge in [0, 0.05) is 13.0 Å². The average Bonchev–Trinajstić information content (AvgIpc) is 2.58. The third kappa shape index (κ3) is 5.18. The molecule has 2 aromatic rings. The van der Waals surface area contributed by atoms with Crippen molar-refractivity contribution in [3.05, 3.63) is 58.6 Å². The van der Waals surface area contributed by atoms with Gasteiger partial charge >= 0.3 is 0 Å². The van der Waals surface area contributed by atoms with E-state index in [2.05, 4.69) is 5.32 Å². The molecule has 4 nitrogen and oxygen atoms in total. The highest BCUT2D eigenvalue weighted by atomic mass is 35.5. The van der Waals surface area contributed by atoms with Crippen molar-refractivity contribution in [1.29, 1.82) is 0 Å². The molecule has 2 aromatic carbocycles. The van der Waals surface area contributed by atoms with Crippen molar-refractivity contribution in [1.82, 2.24) is 5.32 Å². The van der Waals surface area contributed by atoms with E-state index in [0.717, 1.165) is 16.9 Å². The van der Waals surface area contributed by atoms with Crippen LogP contribution >= 0.6 is 11.6 Å². The molecule has 122 valence electrons. The molecule has 1 N–H and O–H groups in total. The Morgan fingerprint density at radius 3 is 2.35 bits per heavy atom. The Kier molecular flexibility index (Phi) is 6.29. The monoisotopic (exact) mass is 333 g/mol. The summed E-state index contributed by atoms with van der Waals surface area (Å²) in [6.45, 7) is 0.450. The first-order valence-corrected chi connectivity index (χ1v) is 7.72. The number of hydrogen-bond acceptors (Lipinski definition) is 3. The Hall–Kier alpha value is -2.20. The fraction of sp³-hybridized carbons (Fsp3) is 0.278. The highest BCUT2D eigenvalue weighted by molar-refractivity contribution is 6.32. The minimum atomic E-state index is 0.00718. The van der Waals surface area contributed by atoms with Crippen LogP contribution in [0.2, 0.25) is 5.02 Å². The van der Waals surface area contributed by atoms with Gasteiger partial charge in [0.05, 0.1) is 19.2 Å². The van der Waals surface area contributed by atoms with Crippen molar-refractivity contribution < 1.29 is 14.3 Å². The van der Waals surface area contributed by atoms with E-state index in [9.17, 15) is 4.79 Å². The number of aryl methyl sites for hydroxylation is 1. The molecule has 0 bridgehead atoms. The lowest BCUT2D eigenvalue weighted by molar-refractivity contribution is -0.121. The smallest absolute Gasteiger partial charge is 0.220 e. The van der Waals surface area contributed by atoms with Gasteiger partial charge in [-0.2, -0.15) is 0 Å². The van der Waals surface area contributed by atoms with Crippen molar-refractivity contribution in [3.8, 4) is 11.5 Å². The summed E-state index contributed by atoms with van der Waals surface area (Å²) in [6.07, 6.45) is 1.13. The van der Waals surface area contributed by atoms with Crippen LogP contribution in [0.5, 0.6) is 11.5 Å². The second-order valence-electron chi connectivity index (χ2n) is 5.09. The maximum Gasteiger partial charge on any atom is 0.220 e. The average molecular weight is 334 g/mol. The third-order valence-corrected chi connectivity index (χ3v) is 3.80. The fourth-order valence-corrected chi connectivity index (χ4v) is 2.44. The number of nitrogens with one attached hydrogen (secondary N) is 1. The van der Waals surface area contributed by atoms with E-state index in [1.807, 2.05) is 30.3 Å². The second-order valence-corrected chi connectivity index (χ2v) is 5.50. The quantitative estimate of drug-likeness (QED) is 0.842. The molecule has 5 heteroatoms. The summed E-state index contributed by atoms with van der Waals surface area (Å²) in [5.41, 5.74) is 2.04. The zero-order chi connectivity index (χ0) is 16.7. The van der Waals surface area contributed by atoms with Crippen LogP contribution in [0.1, 0.15) is 17.5 Å². The van der Waals surface area contributed by atoms with Crippen LogP contribution in [0.4, 0.5) is 0 Å². The van der Waals surface area contributed by atoms with Crippen molar-refractivity contribution in [2.75, 3.05) is 14.2 Å². The fourth-order valence-electron chi connectivity index (χ4n) is 2.16. The molecule has 0 atom stereocenters. The third-order valence-electron chi connectivity index (χ3n) is 3.51. The zero-order valence-corrected chi connectivity index (χ0v) is 14.0. The van der Waals surface area contributed by atoms with Gasteiger partial charge in [0.15, 0.2) is 0 Å². The van der Waals surface area contributed by atoms with Gasteiger partial charge in [0.2, 0.25) is 5.91 Å². The van der Waals surface area contributed by atoms with Gasteiger partial charge in [-0.15, -0.1) is 0 Å². The van der Waals surface area contributed by atoms with Gasteiger partial charge in [-0.05, 0) is 41.8 Å². The van der Waals surface area contributed by atoms with E-state index in [4.69, 9.17) is 21.1 Å². The van der Waals surface area contributed by atoms with E-state index < -0.39 is 0 Å². The lowest BCUT2D eigenvalue weighted by atomic mass is 10.1. The van der Waals surface area contributed by atoms with Crippen molar-refractivity contribution in [3.63, 3.8) is 0 Å². The summed E-state index contributed by atoms with van der Waals surface area (Å²) in [7, 11) is 3.20. The van der Waals surface area contributed by atoms with Gasteiger partial charge in [0.25, 0.3) is 0 Å². The van der Waals surface area contributed by atoms with E-state index in [-0.39, 0.29) is 5.91 Å². The maximum absolute atomic E-state index is 11.9. The molecule has 0 saturated heterocycles. The molecule has 0 spiro atoms. The van der Waals surface area contributed by atoms with Crippen LogP contribution in [-0.4, -0.2) is 20.1 Å². The Morgan fingerprint density at radius 2 is 1.74 bits per heavy atom. The number of ether oxygens (including phenoxy) is 2. The van der Waals surface area contributed by atoms with Crippen LogP contribution in [-0.2, 0) is 17.8 Å². The predicted molar refractivity (Wildman–Crippen MR) is 91.2 cm³/mol. The van der Waals surface area contributed by atoms with Crippen LogP contribution in [0.15, 0.2) is 42.5 Å². The normalized spacial score (nSPS) is 10.2. The van der Waals surface area contributed by atoms with E-state index in [0.29, 0.717) is 30.2 Å². The number of carbonyl (C=O) groups excluding carboxylic acids is 1. The number of hydrogen-bond donors (Lipinski definition) is 1. The molecule has 0 aliphatic heterocycles. The minimum absolute atomic E-state index is 0.00718. The van der Waals surface area contributed by atoms with Crippen molar-refractivity contribution in [2.45, 2.75) is 19.4 Å². The lowest BCUT2D eigenvalue weighted by Gasteiger charge is -2.08. The molecule has 0 aliphatic carbocycles. The van der Waals surface area contributed by atoms with E-state index >= 15 is 0 Å². The Bertz CT molecular complexity index is 656. The number of rotatable bonds is 7. The van der Waals surface area contributed by atoms with Gasteiger partial charge in [-0.1, -0.05) is 29.8 Å². The van der Waals surface area contributed by atoms with E-state index in [1.165, 1.54) is 0 Å². The van der Waals surface area contributed by atoms with E-state index in [1.54, 1.807) is 26.4 Å². The number of benzene rings is 2. The number of carbonyl (C=O) groups is 1. The van der Waals surface area contributed by atoms with Crippen molar-refractivity contribution in [2.24, 2.45) is 0 Å². The van der Waals surface area contributed by atoms with Gasteiger partial charge < -0.3 is 14.8 Å². The molecular weight excluding hydrogens is 314 g/mol. The molecule has 0 heterocycles. The highest BCUT2D eigenvalue weighted by Crippen LogP contribution is 2.24. The summed E-state index contributed by atoms with van der Waals surface area (Å²) in [4.78, 5) is 11.9. The number of amides is 1. The van der Waals surface area contributed by atoms with Crippen LogP contribution < -0.4 is 14.8 Å². The topological polar surface area (TPSA) is 47.6 Å². The molecule has 0 saturated carbocycles. The molecule has 0 aliphatic rings. The first-order chi connectivity index (χ1) is 11.1. The second kappa shape index (κ2) is 8.44. The van der Waals surface area contributed by atoms with Crippen LogP contribution in [0, 0.1) is 0 Å². The molecule has 1 amide bonds. The molecule has 2 rings (SSSR count). The maximum atomic E-state index is 11.9. The molecule has 0 unspecified atom stereocenters. The van der Waals surface area contributed by atoms with Crippen molar-refractivity contribution >= 4 is 17.5 Å². The SMILES string of the molecule is COc1ccc(CCC(=O)NCc2ccc(OC)c(Cl)c2)cc1.